The summed E-state index contributed by atoms with van der Waals surface area (Å²) in [5.41, 5.74) is 1.58. The van der Waals surface area contributed by atoms with E-state index in [1.165, 1.54) is 25.7 Å². The van der Waals surface area contributed by atoms with Crippen molar-refractivity contribution in [3.05, 3.63) is 18.0 Å². The van der Waals surface area contributed by atoms with E-state index in [4.69, 9.17) is 9.90 Å². The lowest BCUT2D eigenvalue weighted by Gasteiger charge is -2.33. The molecular formula is C20H27F3N4O3. The number of aryl methyl sites for hydroxylation is 1. The quantitative estimate of drug-likeness (QED) is 0.766. The number of nitrogens with zero attached hydrogens (tertiary/aromatic N) is 3. The van der Waals surface area contributed by atoms with Gasteiger partial charge in [-0.3, -0.25) is 4.79 Å². The Kier molecular flexibility index (Phi) is 6.52. The first kappa shape index (κ1) is 22.3. The van der Waals surface area contributed by atoms with Crippen molar-refractivity contribution in [2.45, 2.75) is 51.6 Å². The standard InChI is InChI=1S/C18H26N4O.C2HF3O2/c1-13-10-20-17(21-11-13)22-7-5-18(6-8-22)9-15(18)12-19-16(23)14-3-2-4-14;3-2(4,5)1(6)7/h10-11,14-15H,2-9,12H2,1H3,(H,19,23);(H,6,7). The second-order valence-corrected chi connectivity index (χ2v) is 8.49. The summed E-state index contributed by atoms with van der Waals surface area (Å²) in [5, 5.41) is 10.3. The molecule has 2 heterocycles. The fourth-order valence-corrected chi connectivity index (χ4v) is 4.07. The minimum atomic E-state index is -5.08. The van der Waals surface area contributed by atoms with E-state index in [-0.39, 0.29) is 0 Å². The second kappa shape index (κ2) is 8.77. The van der Waals surface area contributed by atoms with Crippen molar-refractivity contribution in [3.63, 3.8) is 0 Å². The highest BCUT2D eigenvalue weighted by molar-refractivity contribution is 5.79. The van der Waals surface area contributed by atoms with Crippen molar-refractivity contribution in [3.8, 4) is 0 Å². The fourth-order valence-electron chi connectivity index (χ4n) is 4.07. The molecule has 0 bridgehead atoms. The molecule has 1 aromatic rings. The molecule has 2 aliphatic carbocycles. The molecule has 2 saturated carbocycles. The Morgan fingerprint density at radius 1 is 1.23 bits per heavy atom. The van der Waals surface area contributed by atoms with E-state index >= 15 is 0 Å². The van der Waals surface area contributed by atoms with Crippen LogP contribution >= 0.6 is 0 Å². The van der Waals surface area contributed by atoms with Crippen LogP contribution in [0.2, 0.25) is 0 Å². The number of anilines is 1. The van der Waals surface area contributed by atoms with Gasteiger partial charge in [0.05, 0.1) is 0 Å². The SMILES string of the molecule is Cc1cnc(N2CCC3(CC2)CC3CNC(=O)C2CCC2)nc1.O=C(O)C(F)(F)F. The van der Waals surface area contributed by atoms with Gasteiger partial charge in [-0.15, -0.1) is 0 Å². The molecule has 1 aromatic heterocycles. The predicted molar refractivity (Wildman–Crippen MR) is 103 cm³/mol. The Morgan fingerprint density at radius 2 is 1.80 bits per heavy atom. The average molecular weight is 428 g/mol. The van der Waals surface area contributed by atoms with E-state index < -0.39 is 12.1 Å². The number of halogens is 3. The van der Waals surface area contributed by atoms with Gasteiger partial charge in [0, 0.05) is 37.9 Å². The molecule has 3 fully saturated rings. The second-order valence-electron chi connectivity index (χ2n) is 8.49. The van der Waals surface area contributed by atoms with E-state index in [9.17, 15) is 18.0 Å². The van der Waals surface area contributed by atoms with Gasteiger partial charge in [-0.2, -0.15) is 13.2 Å². The van der Waals surface area contributed by atoms with Gasteiger partial charge in [0.1, 0.15) is 0 Å². The summed E-state index contributed by atoms with van der Waals surface area (Å²) in [7, 11) is 0. The van der Waals surface area contributed by atoms with Gasteiger partial charge >= 0.3 is 12.1 Å². The number of hydrogen-bond acceptors (Lipinski definition) is 5. The number of rotatable bonds is 4. The van der Waals surface area contributed by atoms with Crippen LogP contribution in [0.5, 0.6) is 0 Å². The maximum Gasteiger partial charge on any atom is 0.490 e. The fraction of sp³-hybridized carbons (Fsp3) is 0.700. The van der Waals surface area contributed by atoms with Crippen LogP contribution in [0, 0.1) is 24.2 Å². The van der Waals surface area contributed by atoms with Gasteiger partial charge in [0.15, 0.2) is 0 Å². The normalized spacial score (nSPS) is 22.5. The van der Waals surface area contributed by atoms with Gasteiger partial charge in [0.2, 0.25) is 11.9 Å². The van der Waals surface area contributed by atoms with Crippen molar-refractivity contribution in [2.75, 3.05) is 24.5 Å². The Hall–Kier alpha value is -2.39. The summed E-state index contributed by atoms with van der Waals surface area (Å²) in [6.07, 6.45) is 5.79. The van der Waals surface area contributed by atoms with Crippen LogP contribution in [0.4, 0.5) is 19.1 Å². The number of alkyl halides is 3. The Labute approximate surface area is 173 Å². The smallest absolute Gasteiger partial charge is 0.475 e. The van der Waals surface area contributed by atoms with Crippen LogP contribution in [0.1, 0.15) is 44.1 Å². The van der Waals surface area contributed by atoms with Gasteiger partial charge in [-0.25, -0.2) is 14.8 Å². The molecule has 1 atom stereocenters. The van der Waals surface area contributed by atoms with Crippen LogP contribution < -0.4 is 10.2 Å². The summed E-state index contributed by atoms with van der Waals surface area (Å²) < 4.78 is 31.7. The predicted octanol–water partition coefficient (Wildman–Crippen LogP) is 2.94. The molecule has 0 aromatic carbocycles. The first-order chi connectivity index (χ1) is 14.1. The Bertz CT molecular complexity index is 758. The number of nitrogens with one attached hydrogen (secondary N) is 1. The minimum absolute atomic E-state index is 0.295. The maximum absolute atomic E-state index is 12.0. The number of carbonyl (C=O) groups excluding carboxylic acids is 1. The molecule has 3 aliphatic rings. The third-order valence-corrected chi connectivity index (χ3v) is 6.41. The zero-order chi connectivity index (χ0) is 21.9. The molecule has 0 radical (unpaired) electrons. The summed E-state index contributed by atoms with van der Waals surface area (Å²) in [5.74, 6) is -0.602. The zero-order valence-electron chi connectivity index (χ0n) is 16.9. The van der Waals surface area contributed by atoms with Crippen LogP contribution in [-0.4, -0.2) is 52.8 Å². The maximum atomic E-state index is 12.0. The highest BCUT2D eigenvalue weighted by Gasteiger charge is 2.54. The Morgan fingerprint density at radius 3 is 2.27 bits per heavy atom. The Balaban J connectivity index is 0.000000318. The molecule has 30 heavy (non-hydrogen) atoms. The lowest BCUT2D eigenvalue weighted by molar-refractivity contribution is -0.192. The summed E-state index contributed by atoms with van der Waals surface area (Å²) in [6.45, 7) is 4.98. The van der Waals surface area contributed by atoms with Gasteiger partial charge < -0.3 is 15.3 Å². The number of aliphatic carboxylic acids is 1. The van der Waals surface area contributed by atoms with Crippen LogP contribution in [0.15, 0.2) is 12.4 Å². The van der Waals surface area contributed by atoms with Gasteiger partial charge in [-0.05, 0) is 55.9 Å². The van der Waals surface area contributed by atoms with Crippen LogP contribution in [0.25, 0.3) is 0 Å². The molecule has 1 saturated heterocycles. The molecule has 10 heteroatoms. The average Bonchev–Trinajstić information content (AvgIpc) is 3.31. The van der Waals surface area contributed by atoms with Crippen LogP contribution in [-0.2, 0) is 9.59 Å². The lowest BCUT2D eigenvalue weighted by atomic mass is 9.84. The van der Waals surface area contributed by atoms with E-state index in [2.05, 4.69) is 20.2 Å². The number of carboxylic acids is 1. The first-order valence-electron chi connectivity index (χ1n) is 10.2. The molecule has 7 nitrogen and oxygen atoms in total. The van der Waals surface area contributed by atoms with E-state index in [0.29, 0.717) is 23.2 Å². The minimum Gasteiger partial charge on any atom is -0.475 e. The molecule has 1 spiro atoms. The number of hydrogen-bond donors (Lipinski definition) is 2. The van der Waals surface area contributed by atoms with Crippen molar-refractivity contribution >= 4 is 17.8 Å². The van der Waals surface area contributed by atoms with Crippen molar-refractivity contribution < 1.29 is 27.9 Å². The topological polar surface area (TPSA) is 95.4 Å². The molecule has 166 valence electrons. The summed E-state index contributed by atoms with van der Waals surface area (Å²) in [6, 6.07) is 0. The summed E-state index contributed by atoms with van der Waals surface area (Å²) >= 11 is 0. The van der Waals surface area contributed by atoms with Crippen molar-refractivity contribution in [1.82, 2.24) is 15.3 Å². The number of piperidine rings is 1. The van der Waals surface area contributed by atoms with E-state index in [0.717, 1.165) is 44.0 Å². The molecule has 4 rings (SSSR count). The lowest BCUT2D eigenvalue weighted by Crippen LogP contribution is -2.39. The molecule has 1 unspecified atom stereocenters. The van der Waals surface area contributed by atoms with Crippen molar-refractivity contribution in [1.29, 1.82) is 0 Å². The van der Waals surface area contributed by atoms with Crippen LogP contribution in [0.3, 0.4) is 0 Å². The third-order valence-electron chi connectivity index (χ3n) is 6.41. The number of carbonyl (C=O) groups is 2. The number of amides is 1. The van der Waals surface area contributed by atoms with Gasteiger partial charge in [-0.1, -0.05) is 6.42 Å². The number of aromatic nitrogens is 2. The largest absolute Gasteiger partial charge is 0.490 e. The van der Waals surface area contributed by atoms with E-state index in [1.54, 1.807) is 0 Å². The van der Waals surface area contributed by atoms with Gasteiger partial charge in [0.25, 0.3) is 0 Å². The molecular weight excluding hydrogens is 401 g/mol. The highest BCUT2D eigenvalue weighted by Crippen LogP contribution is 2.59. The monoisotopic (exact) mass is 428 g/mol. The third kappa shape index (κ3) is 5.40. The number of carboxylic acid groups (broad SMARTS) is 1. The van der Waals surface area contributed by atoms with Crippen molar-refractivity contribution in [2.24, 2.45) is 17.3 Å². The molecule has 1 amide bonds. The highest BCUT2D eigenvalue weighted by atomic mass is 19.4. The molecule has 1 aliphatic heterocycles. The molecule has 2 N–H and O–H groups in total. The first-order valence-corrected chi connectivity index (χ1v) is 10.2. The summed E-state index contributed by atoms with van der Waals surface area (Å²) in [4.78, 5) is 32.0. The van der Waals surface area contributed by atoms with E-state index in [1.807, 2.05) is 19.3 Å². The zero-order valence-corrected chi connectivity index (χ0v) is 16.9.